The van der Waals surface area contributed by atoms with Crippen molar-refractivity contribution in [2.45, 2.75) is 13.5 Å². The summed E-state index contributed by atoms with van der Waals surface area (Å²) in [5.74, 6) is 0.182. The summed E-state index contributed by atoms with van der Waals surface area (Å²) in [6.45, 7) is 2.11. The Morgan fingerprint density at radius 1 is 0.935 bits per heavy atom. The minimum atomic E-state index is -0.442. The molecular formula is C25H20N2O4. The fourth-order valence-corrected chi connectivity index (χ4v) is 3.29. The summed E-state index contributed by atoms with van der Waals surface area (Å²) in [6.07, 6.45) is 0. The van der Waals surface area contributed by atoms with E-state index >= 15 is 0 Å². The Balaban J connectivity index is 1.63. The molecule has 4 rings (SSSR count). The van der Waals surface area contributed by atoms with Crippen LogP contribution < -0.4 is 10.1 Å². The normalized spacial score (nSPS) is 10.6. The number of anilines is 1. The lowest BCUT2D eigenvalue weighted by molar-refractivity contribution is -0.384. The molecule has 154 valence electrons. The second-order valence-electron chi connectivity index (χ2n) is 7.18. The number of nitrogens with zero attached hydrogens (tertiary/aromatic N) is 1. The van der Waals surface area contributed by atoms with Crippen LogP contribution in [0.15, 0.2) is 84.9 Å². The lowest BCUT2D eigenvalue weighted by Crippen LogP contribution is -2.14. The van der Waals surface area contributed by atoms with Gasteiger partial charge in [-0.1, -0.05) is 42.5 Å². The number of rotatable bonds is 6. The molecule has 0 aliphatic carbocycles. The van der Waals surface area contributed by atoms with Crippen molar-refractivity contribution < 1.29 is 14.5 Å². The van der Waals surface area contributed by atoms with Crippen molar-refractivity contribution in [2.24, 2.45) is 0 Å². The van der Waals surface area contributed by atoms with Gasteiger partial charge < -0.3 is 10.1 Å². The molecular weight excluding hydrogens is 392 g/mol. The highest BCUT2D eigenvalue weighted by Gasteiger charge is 2.16. The van der Waals surface area contributed by atoms with Gasteiger partial charge in [0, 0.05) is 17.8 Å². The summed E-state index contributed by atoms with van der Waals surface area (Å²) in [6, 6.07) is 25.1. The van der Waals surface area contributed by atoms with E-state index in [9.17, 15) is 14.9 Å². The SMILES string of the molecule is Cc1ccccc1NC(=O)c1cc2ccccc2cc1OCc1ccc([N+](=O)[O-])cc1. The summed E-state index contributed by atoms with van der Waals surface area (Å²) < 4.78 is 5.99. The van der Waals surface area contributed by atoms with Gasteiger partial charge in [0.25, 0.3) is 11.6 Å². The van der Waals surface area contributed by atoms with Gasteiger partial charge in [-0.15, -0.1) is 0 Å². The average molecular weight is 412 g/mol. The van der Waals surface area contributed by atoms with E-state index in [4.69, 9.17) is 4.74 Å². The van der Waals surface area contributed by atoms with E-state index in [1.807, 2.05) is 67.6 Å². The molecule has 0 aliphatic heterocycles. The second-order valence-corrected chi connectivity index (χ2v) is 7.18. The number of hydrogen-bond acceptors (Lipinski definition) is 4. The minimum Gasteiger partial charge on any atom is -0.488 e. The molecule has 4 aromatic rings. The third-order valence-corrected chi connectivity index (χ3v) is 5.03. The summed E-state index contributed by atoms with van der Waals surface area (Å²) >= 11 is 0. The molecule has 0 bridgehead atoms. The van der Waals surface area contributed by atoms with Gasteiger partial charge in [0.05, 0.1) is 10.5 Å². The number of carbonyl (C=O) groups is 1. The molecule has 0 heterocycles. The zero-order valence-corrected chi connectivity index (χ0v) is 16.9. The van der Waals surface area contributed by atoms with Gasteiger partial charge in [-0.25, -0.2) is 0 Å². The van der Waals surface area contributed by atoms with Crippen molar-refractivity contribution in [2.75, 3.05) is 5.32 Å². The molecule has 1 N–H and O–H groups in total. The Kier molecular flexibility index (Phi) is 5.62. The number of amides is 1. The molecule has 0 spiro atoms. The Morgan fingerprint density at radius 2 is 1.58 bits per heavy atom. The highest BCUT2D eigenvalue weighted by molar-refractivity contribution is 6.09. The lowest BCUT2D eigenvalue weighted by Gasteiger charge is -2.14. The summed E-state index contributed by atoms with van der Waals surface area (Å²) in [5, 5.41) is 15.7. The number of nitro benzene ring substituents is 1. The summed E-state index contributed by atoms with van der Waals surface area (Å²) in [5.41, 5.74) is 2.91. The van der Waals surface area contributed by atoms with E-state index < -0.39 is 4.92 Å². The molecule has 0 aliphatic rings. The molecule has 0 fully saturated rings. The molecule has 0 atom stereocenters. The van der Waals surface area contributed by atoms with Crippen LogP contribution in [0.5, 0.6) is 5.75 Å². The minimum absolute atomic E-state index is 0.0211. The van der Waals surface area contributed by atoms with E-state index in [1.165, 1.54) is 12.1 Å². The van der Waals surface area contributed by atoms with E-state index in [2.05, 4.69) is 5.32 Å². The molecule has 0 saturated carbocycles. The molecule has 0 aromatic heterocycles. The van der Waals surface area contributed by atoms with Crippen LogP contribution in [-0.4, -0.2) is 10.8 Å². The van der Waals surface area contributed by atoms with Crippen LogP contribution in [0.4, 0.5) is 11.4 Å². The number of non-ortho nitro benzene ring substituents is 1. The Labute approximate surface area is 179 Å². The predicted molar refractivity (Wildman–Crippen MR) is 121 cm³/mol. The van der Waals surface area contributed by atoms with E-state index in [-0.39, 0.29) is 18.2 Å². The largest absolute Gasteiger partial charge is 0.488 e. The first kappa shape index (κ1) is 20.1. The van der Waals surface area contributed by atoms with Crippen molar-refractivity contribution in [1.82, 2.24) is 0 Å². The van der Waals surface area contributed by atoms with Crippen molar-refractivity contribution >= 4 is 28.1 Å². The van der Waals surface area contributed by atoms with Crippen LogP contribution in [0.1, 0.15) is 21.5 Å². The van der Waals surface area contributed by atoms with Crippen LogP contribution in [0.25, 0.3) is 10.8 Å². The molecule has 1 amide bonds. The molecule has 0 radical (unpaired) electrons. The zero-order valence-electron chi connectivity index (χ0n) is 16.9. The number of nitrogens with one attached hydrogen (secondary N) is 1. The lowest BCUT2D eigenvalue weighted by atomic mass is 10.0. The first-order valence-corrected chi connectivity index (χ1v) is 9.77. The highest BCUT2D eigenvalue weighted by Crippen LogP contribution is 2.28. The number of carbonyl (C=O) groups excluding carboxylic acids is 1. The predicted octanol–water partition coefficient (Wildman–Crippen LogP) is 5.89. The Morgan fingerprint density at radius 3 is 2.26 bits per heavy atom. The number of para-hydroxylation sites is 1. The van der Waals surface area contributed by atoms with Crippen molar-refractivity contribution in [3.8, 4) is 5.75 Å². The fourth-order valence-electron chi connectivity index (χ4n) is 3.29. The Hall–Kier alpha value is -4.19. The fraction of sp³-hybridized carbons (Fsp3) is 0.0800. The quantitative estimate of drug-likeness (QED) is 0.316. The van der Waals surface area contributed by atoms with Crippen LogP contribution in [-0.2, 0) is 6.61 Å². The molecule has 0 unspecified atom stereocenters. The number of benzene rings is 4. The van der Waals surface area contributed by atoms with Crippen LogP contribution in [0.3, 0.4) is 0 Å². The molecule has 6 heteroatoms. The molecule has 6 nitrogen and oxygen atoms in total. The topological polar surface area (TPSA) is 81.5 Å². The third kappa shape index (κ3) is 4.53. The number of aryl methyl sites for hydroxylation is 1. The van der Waals surface area contributed by atoms with Gasteiger partial charge in [0.15, 0.2) is 0 Å². The molecule has 31 heavy (non-hydrogen) atoms. The number of hydrogen-bond donors (Lipinski definition) is 1. The van der Waals surface area contributed by atoms with Gasteiger partial charge in [-0.2, -0.15) is 0 Å². The smallest absolute Gasteiger partial charge is 0.269 e. The highest BCUT2D eigenvalue weighted by atomic mass is 16.6. The first-order chi connectivity index (χ1) is 15.0. The standard InChI is InChI=1S/C25H20N2O4/c1-17-6-2-5-9-23(17)26-25(28)22-14-19-7-3-4-8-20(19)15-24(22)31-16-18-10-12-21(13-11-18)27(29)30/h2-15H,16H2,1H3,(H,26,28). The van der Waals surface area contributed by atoms with Crippen molar-refractivity contribution in [3.63, 3.8) is 0 Å². The van der Waals surface area contributed by atoms with Gasteiger partial charge >= 0.3 is 0 Å². The first-order valence-electron chi connectivity index (χ1n) is 9.77. The van der Waals surface area contributed by atoms with Gasteiger partial charge in [0.1, 0.15) is 12.4 Å². The zero-order chi connectivity index (χ0) is 21.8. The number of fused-ring (bicyclic) bond motifs is 1. The van der Waals surface area contributed by atoms with Crippen LogP contribution in [0.2, 0.25) is 0 Å². The maximum Gasteiger partial charge on any atom is 0.269 e. The van der Waals surface area contributed by atoms with E-state index in [0.29, 0.717) is 11.3 Å². The number of ether oxygens (including phenoxy) is 1. The number of nitro groups is 1. The maximum atomic E-state index is 13.1. The van der Waals surface area contributed by atoms with Crippen LogP contribution >= 0.6 is 0 Å². The van der Waals surface area contributed by atoms with Crippen molar-refractivity contribution in [1.29, 1.82) is 0 Å². The molecule has 0 saturated heterocycles. The van der Waals surface area contributed by atoms with E-state index in [0.717, 1.165) is 27.6 Å². The molecule has 4 aromatic carbocycles. The summed E-state index contributed by atoms with van der Waals surface area (Å²) in [7, 11) is 0. The van der Waals surface area contributed by atoms with Gasteiger partial charge in [-0.3, -0.25) is 14.9 Å². The van der Waals surface area contributed by atoms with Gasteiger partial charge in [0.2, 0.25) is 0 Å². The maximum absolute atomic E-state index is 13.1. The monoisotopic (exact) mass is 412 g/mol. The van der Waals surface area contributed by atoms with E-state index in [1.54, 1.807) is 12.1 Å². The van der Waals surface area contributed by atoms with Crippen molar-refractivity contribution in [3.05, 3.63) is 112 Å². The van der Waals surface area contributed by atoms with Gasteiger partial charge in [-0.05, 0) is 59.2 Å². The summed E-state index contributed by atoms with van der Waals surface area (Å²) in [4.78, 5) is 23.5. The average Bonchev–Trinajstić information content (AvgIpc) is 2.78. The Bertz CT molecular complexity index is 1270. The second kappa shape index (κ2) is 8.67. The van der Waals surface area contributed by atoms with Crippen LogP contribution in [0, 0.1) is 17.0 Å². The third-order valence-electron chi connectivity index (χ3n) is 5.03.